The topological polar surface area (TPSA) is 78.8 Å². The number of tetrazole rings is 1. The van der Waals surface area contributed by atoms with Gasteiger partial charge in [0, 0.05) is 17.1 Å². The quantitative estimate of drug-likeness (QED) is 0.801. The van der Waals surface area contributed by atoms with E-state index in [9.17, 15) is 0 Å². The van der Waals surface area contributed by atoms with Crippen molar-refractivity contribution in [3.63, 3.8) is 0 Å². The average Bonchev–Trinajstić information content (AvgIpc) is 2.96. The van der Waals surface area contributed by atoms with E-state index in [-0.39, 0.29) is 6.01 Å². The van der Waals surface area contributed by atoms with E-state index in [4.69, 9.17) is 22.1 Å². The molecule has 0 spiro atoms. The van der Waals surface area contributed by atoms with E-state index in [1.165, 1.54) is 4.68 Å². The number of nitrogens with two attached hydrogens (primary N) is 1. The number of rotatable bonds is 4. The van der Waals surface area contributed by atoms with Crippen LogP contribution in [0.4, 0.5) is 0 Å². The molecule has 0 bridgehead atoms. The van der Waals surface area contributed by atoms with Gasteiger partial charge in [-0.15, -0.1) is 0 Å². The summed E-state index contributed by atoms with van der Waals surface area (Å²) in [7, 11) is 0. The normalized spacial score (nSPS) is 10.6. The molecule has 3 aromatic rings. The van der Waals surface area contributed by atoms with Crippen molar-refractivity contribution in [1.82, 2.24) is 20.2 Å². The standard InChI is InChI=1S/C14H12ClN5O/c15-11-7-6-10(9-16)13(8-11)21-14-17-18-19-20(14)12-4-2-1-3-5-12/h1-8H,9,16H2. The molecule has 2 N–H and O–H groups in total. The summed E-state index contributed by atoms with van der Waals surface area (Å²) in [6.07, 6.45) is 0. The number of nitrogens with zero attached hydrogens (tertiary/aromatic N) is 4. The smallest absolute Gasteiger partial charge is 0.345 e. The molecule has 2 aromatic carbocycles. The highest BCUT2D eigenvalue weighted by atomic mass is 35.5. The Morgan fingerprint density at radius 3 is 2.71 bits per heavy atom. The highest BCUT2D eigenvalue weighted by Crippen LogP contribution is 2.27. The molecule has 1 aromatic heterocycles. The van der Waals surface area contributed by atoms with Crippen LogP contribution in [0.2, 0.25) is 5.02 Å². The van der Waals surface area contributed by atoms with Gasteiger partial charge in [-0.05, 0) is 34.7 Å². The first kappa shape index (κ1) is 13.5. The van der Waals surface area contributed by atoms with Crippen LogP contribution in [0.25, 0.3) is 5.69 Å². The fraction of sp³-hybridized carbons (Fsp3) is 0.0714. The SMILES string of the molecule is NCc1ccc(Cl)cc1Oc1nnnn1-c1ccccc1. The van der Waals surface area contributed by atoms with Crippen LogP contribution in [-0.2, 0) is 6.54 Å². The number of ether oxygens (including phenoxy) is 1. The third kappa shape index (κ3) is 2.86. The maximum atomic E-state index is 5.99. The Bertz CT molecular complexity index is 744. The van der Waals surface area contributed by atoms with Crippen molar-refractivity contribution < 1.29 is 4.74 Å². The molecule has 0 aliphatic rings. The van der Waals surface area contributed by atoms with Crippen LogP contribution < -0.4 is 10.5 Å². The molecule has 0 saturated heterocycles. The highest BCUT2D eigenvalue weighted by molar-refractivity contribution is 6.30. The van der Waals surface area contributed by atoms with Crippen molar-refractivity contribution >= 4 is 11.6 Å². The molecule has 6 nitrogen and oxygen atoms in total. The summed E-state index contributed by atoms with van der Waals surface area (Å²) in [6, 6.07) is 15.0. The number of benzene rings is 2. The predicted molar refractivity (Wildman–Crippen MR) is 78.6 cm³/mol. The lowest BCUT2D eigenvalue weighted by atomic mass is 10.2. The van der Waals surface area contributed by atoms with Crippen LogP contribution in [0.5, 0.6) is 11.8 Å². The molecule has 1 heterocycles. The van der Waals surface area contributed by atoms with Crippen molar-refractivity contribution in [3.8, 4) is 17.4 Å². The zero-order valence-electron chi connectivity index (χ0n) is 11.0. The first-order chi connectivity index (χ1) is 10.3. The van der Waals surface area contributed by atoms with Gasteiger partial charge in [0.2, 0.25) is 0 Å². The summed E-state index contributed by atoms with van der Waals surface area (Å²) in [5, 5.41) is 12.0. The van der Waals surface area contributed by atoms with Gasteiger partial charge in [0.05, 0.1) is 5.69 Å². The number of aromatic nitrogens is 4. The van der Waals surface area contributed by atoms with Crippen LogP contribution >= 0.6 is 11.6 Å². The Labute approximate surface area is 126 Å². The first-order valence-electron chi connectivity index (χ1n) is 6.28. The van der Waals surface area contributed by atoms with Crippen LogP contribution in [0.3, 0.4) is 0 Å². The van der Waals surface area contributed by atoms with Crippen molar-refractivity contribution in [2.45, 2.75) is 6.54 Å². The van der Waals surface area contributed by atoms with E-state index in [0.29, 0.717) is 17.3 Å². The molecule has 0 atom stereocenters. The van der Waals surface area contributed by atoms with Crippen LogP contribution in [-0.4, -0.2) is 20.2 Å². The van der Waals surface area contributed by atoms with Crippen molar-refractivity contribution in [2.24, 2.45) is 5.73 Å². The molecule has 0 saturated carbocycles. The van der Waals surface area contributed by atoms with Gasteiger partial charge >= 0.3 is 6.01 Å². The second-order valence-corrected chi connectivity index (χ2v) is 4.70. The summed E-state index contributed by atoms with van der Waals surface area (Å²) < 4.78 is 7.27. The number of hydrogen-bond donors (Lipinski definition) is 1. The Kier molecular flexibility index (Phi) is 3.81. The Hall–Kier alpha value is -2.44. The molecule has 0 amide bonds. The van der Waals surface area contributed by atoms with Crippen LogP contribution in [0, 0.1) is 0 Å². The molecule has 21 heavy (non-hydrogen) atoms. The maximum absolute atomic E-state index is 5.99. The van der Waals surface area contributed by atoms with Gasteiger partial charge < -0.3 is 10.5 Å². The molecule has 0 aliphatic carbocycles. The zero-order valence-corrected chi connectivity index (χ0v) is 11.7. The summed E-state index contributed by atoms with van der Waals surface area (Å²) in [5.41, 5.74) is 7.32. The molecular formula is C14H12ClN5O. The van der Waals surface area contributed by atoms with E-state index in [1.54, 1.807) is 12.1 Å². The molecule has 106 valence electrons. The minimum absolute atomic E-state index is 0.248. The average molecular weight is 302 g/mol. The van der Waals surface area contributed by atoms with Gasteiger partial charge in [-0.3, -0.25) is 0 Å². The van der Waals surface area contributed by atoms with Crippen molar-refractivity contribution in [2.75, 3.05) is 0 Å². The van der Waals surface area contributed by atoms with Gasteiger partial charge in [-0.1, -0.05) is 41.0 Å². The second-order valence-electron chi connectivity index (χ2n) is 4.27. The number of halogens is 1. The van der Waals surface area contributed by atoms with Crippen LogP contribution in [0.15, 0.2) is 48.5 Å². The molecule has 3 rings (SSSR count). The van der Waals surface area contributed by atoms with E-state index in [2.05, 4.69) is 15.5 Å². The summed E-state index contributed by atoms with van der Waals surface area (Å²) in [4.78, 5) is 0. The Balaban J connectivity index is 1.97. The molecule has 0 fully saturated rings. The fourth-order valence-electron chi connectivity index (χ4n) is 1.86. The third-order valence-corrected chi connectivity index (χ3v) is 3.13. The predicted octanol–water partition coefficient (Wildman–Crippen LogP) is 2.57. The lowest BCUT2D eigenvalue weighted by Crippen LogP contribution is -2.03. The van der Waals surface area contributed by atoms with Gasteiger partial charge in [0.15, 0.2) is 0 Å². The van der Waals surface area contributed by atoms with Gasteiger partial charge in [0.25, 0.3) is 0 Å². The van der Waals surface area contributed by atoms with Crippen molar-refractivity contribution in [3.05, 3.63) is 59.1 Å². The summed E-state index contributed by atoms with van der Waals surface area (Å²) >= 11 is 5.99. The van der Waals surface area contributed by atoms with Gasteiger partial charge in [-0.25, -0.2) is 0 Å². The monoisotopic (exact) mass is 301 g/mol. The Morgan fingerprint density at radius 2 is 1.95 bits per heavy atom. The molecule has 0 unspecified atom stereocenters. The Morgan fingerprint density at radius 1 is 1.14 bits per heavy atom. The first-order valence-corrected chi connectivity index (χ1v) is 6.66. The van der Waals surface area contributed by atoms with E-state index in [1.807, 2.05) is 36.4 Å². The van der Waals surface area contributed by atoms with Crippen molar-refractivity contribution in [1.29, 1.82) is 0 Å². The minimum Gasteiger partial charge on any atom is -0.423 e. The minimum atomic E-state index is 0.248. The molecule has 0 aliphatic heterocycles. The maximum Gasteiger partial charge on any atom is 0.345 e. The summed E-state index contributed by atoms with van der Waals surface area (Å²) in [5.74, 6) is 0.539. The van der Waals surface area contributed by atoms with E-state index in [0.717, 1.165) is 11.3 Å². The van der Waals surface area contributed by atoms with Gasteiger partial charge in [0.1, 0.15) is 5.75 Å². The fourth-order valence-corrected chi connectivity index (χ4v) is 2.03. The second kappa shape index (κ2) is 5.90. The lowest BCUT2D eigenvalue weighted by Gasteiger charge is -2.09. The summed E-state index contributed by atoms with van der Waals surface area (Å²) in [6.45, 7) is 0.333. The molecule has 7 heteroatoms. The van der Waals surface area contributed by atoms with Gasteiger partial charge in [-0.2, -0.15) is 4.68 Å². The number of hydrogen-bond acceptors (Lipinski definition) is 5. The lowest BCUT2D eigenvalue weighted by molar-refractivity contribution is 0.422. The van der Waals surface area contributed by atoms with E-state index >= 15 is 0 Å². The number of para-hydroxylation sites is 1. The van der Waals surface area contributed by atoms with Crippen LogP contribution in [0.1, 0.15) is 5.56 Å². The molecular weight excluding hydrogens is 290 g/mol. The molecule has 0 radical (unpaired) electrons. The largest absolute Gasteiger partial charge is 0.423 e. The third-order valence-electron chi connectivity index (χ3n) is 2.89. The van der Waals surface area contributed by atoms with E-state index < -0.39 is 0 Å². The zero-order chi connectivity index (χ0) is 14.7. The highest BCUT2D eigenvalue weighted by Gasteiger charge is 2.13.